The largest absolute Gasteiger partial charge is 0.497 e. The van der Waals surface area contributed by atoms with Crippen molar-refractivity contribution in [2.75, 3.05) is 38.2 Å². The van der Waals surface area contributed by atoms with Crippen molar-refractivity contribution in [3.63, 3.8) is 0 Å². The lowest BCUT2D eigenvalue weighted by Gasteiger charge is -2.36. The molecule has 1 aliphatic heterocycles. The molecule has 1 aromatic heterocycles. The number of amides is 1. The minimum absolute atomic E-state index is 0.00844. The van der Waals surface area contributed by atoms with E-state index < -0.39 is 0 Å². The zero-order chi connectivity index (χ0) is 20.9. The third kappa shape index (κ3) is 4.13. The maximum Gasteiger partial charge on any atom is 0.257 e. The number of ether oxygens (including phenoxy) is 1. The van der Waals surface area contributed by atoms with E-state index in [-0.39, 0.29) is 5.91 Å². The first-order chi connectivity index (χ1) is 14.7. The van der Waals surface area contributed by atoms with Crippen LogP contribution in [-0.4, -0.2) is 54.1 Å². The molecule has 154 valence electrons. The van der Waals surface area contributed by atoms with Gasteiger partial charge in [0.2, 0.25) is 0 Å². The molecule has 6 nitrogen and oxygen atoms in total. The van der Waals surface area contributed by atoms with Crippen molar-refractivity contribution in [1.29, 1.82) is 0 Å². The number of benzene rings is 2. The topological polar surface area (TPSA) is 58.6 Å². The summed E-state index contributed by atoms with van der Waals surface area (Å²) in [6.07, 6.45) is 2.42. The van der Waals surface area contributed by atoms with E-state index in [1.807, 2.05) is 54.3 Å². The molecule has 2 heterocycles. The second-order valence-corrected chi connectivity index (χ2v) is 7.25. The fourth-order valence-corrected chi connectivity index (χ4v) is 3.69. The third-order valence-corrected chi connectivity index (χ3v) is 5.44. The van der Waals surface area contributed by atoms with Gasteiger partial charge in [0, 0.05) is 50.0 Å². The van der Waals surface area contributed by atoms with Crippen molar-refractivity contribution in [1.82, 2.24) is 14.9 Å². The van der Waals surface area contributed by atoms with Gasteiger partial charge in [0.25, 0.3) is 5.91 Å². The van der Waals surface area contributed by atoms with Crippen LogP contribution in [-0.2, 0) is 6.42 Å². The molecule has 6 heteroatoms. The monoisotopic (exact) mass is 402 g/mol. The van der Waals surface area contributed by atoms with E-state index in [4.69, 9.17) is 4.74 Å². The number of aryl methyl sites for hydroxylation is 1. The third-order valence-electron chi connectivity index (χ3n) is 5.44. The molecule has 2 aromatic carbocycles. The molecule has 0 saturated carbocycles. The van der Waals surface area contributed by atoms with E-state index in [0.29, 0.717) is 24.3 Å². The first kappa shape index (κ1) is 19.9. The van der Waals surface area contributed by atoms with Gasteiger partial charge < -0.3 is 14.5 Å². The normalized spacial score (nSPS) is 13.9. The molecule has 30 heavy (non-hydrogen) atoms. The van der Waals surface area contributed by atoms with E-state index in [9.17, 15) is 4.79 Å². The highest BCUT2D eigenvalue weighted by Crippen LogP contribution is 2.24. The van der Waals surface area contributed by atoms with Crippen LogP contribution >= 0.6 is 0 Å². The summed E-state index contributed by atoms with van der Waals surface area (Å²) in [5, 5.41) is 0. The van der Waals surface area contributed by atoms with Gasteiger partial charge in [-0.25, -0.2) is 9.97 Å². The number of anilines is 1. The van der Waals surface area contributed by atoms with Gasteiger partial charge in [-0.3, -0.25) is 4.79 Å². The Bertz CT molecular complexity index is 997. The Kier molecular flexibility index (Phi) is 5.93. The predicted octanol–water partition coefficient (Wildman–Crippen LogP) is 3.68. The molecule has 1 aliphatic rings. The van der Waals surface area contributed by atoms with Gasteiger partial charge >= 0.3 is 0 Å². The zero-order valence-corrected chi connectivity index (χ0v) is 17.4. The molecule has 1 fully saturated rings. The van der Waals surface area contributed by atoms with Gasteiger partial charge in [-0.2, -0.15) is 0 Å². The second kappa shape index (κ2) is 8.95. The fourth-order valence-electron chi connectivity index (χ4n) is 3.69. The summed E-state index contributed by atoms with van der Waals surface area (Å²) in [6.45, 7) is 4.91. The maximum atomic E-state index is 13.3. The minimum atomic E-state index is -0.00844. The van der Waals surface area contributed by atoms with Crippen LogP contribution in [0.25, 0.3) is 11.3 Å². The highest BCUT2D eigenvalue weighted by atomic mass is 16.5. The standard InChI is InChI=1S/C24H26N4O2/c1-3-22-25-17-21(23(26-22)18-7-5-4-6-8-18)24(29)28-15-13-27(14-16-28)19-9-11-20(30-2)12-10-19/h4-12,17H,3,13-16H2,1-2H3. The number of aromatic nitrogens is 2. The molecule has 0 atom stereocenters. The van der Waals surface area contributed by atoms with Gasteiger partial charge in [-0.15, -0.1) is 0 Å². The highest BCUT2D eigenvalue weighted by Gasteiger charge is 2.25. The van der Waals surface area contributed by atoms with Crippen molar-refractivity contribution >= 4 is 11.6 Å². The Morgan fingerprint density at radius 2 is 1.70 bits per heavy atom. The summed E-state index contributed by atoms with van der Waals surface area (Å²) in [4.78, 5) is 26.6. The maximum absolute atomic E-state index is 13.3. The lowest BCUT2D eigenvalue weighted by atomic mass is 10.1. The summed E-state index contributed by atoms with van der Waals surface area (Å²) >= 11 is 0. The molecule has 0 radical (unpaired) electrons. The van der Waals surface area contributed by atoms with Crippen molar-refractivity contribution in [3.8, 4) is 17.0 Å². The van der Waals surface area contributed by atoms with Gasteiger partial charge in [-0.1, -0.05) is 37.3 Å². The molecule has 0 aliphatic carbocycles. The average molecular weight is 402 g/mol. The van der Waals surface area contributed by atoms with E-state index in [1.54, 1.807) is 13.3 Å². The summed E-state index contributed by atoms with van der Waals surface area (Å²) in [6, 6.07) is 17.9. The smallest absolute Gasteiger partial charge is 0.257 e. The van der Waals surface area contributed by atoms with Crippen molar-refractivity contribution < 1.29 is 9.53 Å². The Labute approximate surface area is 177 Å². The Morgan fingerprint density at radius 3 is 2.33 bits per heavy atom. The quantitative estimate of drug-likeness (QED) is 0.652. The number of nitrogens with zero attached hydrogens (tertiary/aromatic N) is 4. The molecule has 1 saturated heterocycles. The Morgan fingerprint density at radius 1 is 1.00 bits per heavy atom. The van der Waals surface area contributed by atoms with Gasteiger partial charge in [0.05, 0.1) is 18.4 Å². The van der Waals surface area contributed by atoms with E-state index in [2.05, 4.69) is 27.0 Å². The van der Waals surface area contributed by atoms with E-state index in [0.717, 1.165) is 42.3 Å². The van der Waals surface area contributed by atoms with Crippen LogP contribution in [0.1, 0.15) is 23.1 Å². The molecule has 4 rings (SSSR count). The molecule has 3 aromatic rings. The molecule has 0 N–H and O–H groups in total. The molecule has 0 bridgehead atoms. The summed E-state index contributed by atoms with van der Waals surface area (Å²) in [7, 11) is 1.67. The molecular formula is C24H26N4O2. The number of hydrogen-bond donors (Lipinski definition) is 0. The number of piperazine rings is 1. The summed E-state index contributed by atoms with van der Waals surface area (Å²) in [5.41, 5.74) is 3.36. The molecular weight excluding hydrogens is 376 g/mol. The van der Waals surface area contributed by atoms with E-state index in [1.165, 1.54) is 0 Å². The van der Waals surface area contributed by atoms with Crippen LogP contribution in [0.3, 0.4) is 0 Å². The van der Waals surface area contributed by atoms with Crippen molar-refractivity contribution in [2.24, 2.45) is 0 Å². The number of methoxy groups -OCH3 is 1. The fraction of sp³-hybridized carbons (Fsp3) is 0.292. The van der Waals surface area contributed by atoms with Crippen LogP contribution in [0.4, 0.5) is 5.69 Å². The van der Waals surface area contributed by atoms with Gasteiger partial charge in [0.1, 0.15) is 11.6 Å². The SMILES string of the molecule is CCc1ncc(C(=O)N2CCN(c3ccc(OC)cc3)CC2)c(-c2ccccc2)n1. The lowest BCUT2D eigenvalue weighted by Crippen LogP contribution is -2.49. The zero-order valence-electron chi connectivity index (χ0n) is 17.4. The number of hydrogen-bond acceptors (Lipinski definition) is 5. The molecule has 0 unspecified atom stereocenters. The number of carbonyl (C=O) groups excluding carboxylic acids is 1. The van der Waals surface area contributed by atoms with Crippen LogP contribution in [0.2, 0.25) is 0 Å². The summed E-state index contributed by atoms with van der Waals surface area (Å²) in [5.74, 6) is 1.58. The Hall–Kier alpha value is -3.41. The highest BCUT2D eigenvalue weighted by molar-refractivity contribution is 5.99. The van der Waals surface area contributed by atoms with Crippen LogP contribution in [0, 0.1) is 0 Å². The van der Waals surface area contributed by atoms with Gasteiger partial charge in [-0.05, 0) is 24.3 Å². The lowest BCUT2D eigenvalue weighted by molar-refractivity contribution is 0.0746. The second-order valence-electron chi connectivity index (χ2n) is 7.25. The van der Waals surface area contributed by atoms with E-state index >= 15 is 0 Å². The van der Waals surface area contributed by atoms with Gasteiger partial charge in [0.15, 0.2) is 0 Å². The predicted molar refractivity (Wildman–Crippen MR) is 118 cm³/mol. The van der Waals surface area contributed by atoms with Crippen molar-refractivity contribution in [3.05, 3.63) is 72.2 Å². The van der Waals surface area contributed by atoms with Crippen LogP contribution in [0.15, 0.2) is 60.8 Å². The first-order valence-corrected chi connectivity index (χ1v) is 10.3. The molecule has 1 amide bonds. The number of rotatable bonds is 5. The summed E-state index contributed by atoms with van der Waals surface area (Å²) < 4.78 is 5.23. The molecule has 0 spiro atoms. The minimum Gasteiger partial charge on any atom is -0.497 e. The Balaban J connectivity index is 1.51. The average Bonchev–Trinajstić information content (AvgIpc) is 2.84. The van der Waals surface area contributed by atoms with Crippen molar-refractivity contribution in [2.45, 2.75) is 13.3 Å². The van der Waals surface area contributed by atoms with Crippen LogP contribution in [0.5, 0.6) is 5.75 Å². The van der Waals surface area contributed by atoms with Crippen LogP contribution < -0.4 is 9.64 Å². The number of carbonyl (C=O) groups is 1. The first-order valence-electron chi connectivity index (χ1n) is 10.3.